The topological polar surface area (TPSA) is 125 Å². The van der Waals surface area contributed by atoms with Crippen LogP contribution in [0.2, 0.25) is 0 Å². The number of hydrogen-bond donors (Lipinski definition) is 2. The molecule has 9 heteroatoms. The molecule has 8 nitrogen and oxygen atoms in total. The van der Waals surface area contributed by atoms with Gasteiger partial charge in [-0.1, -0.05) is 11.3 Å². The van der Waals surface area contributed by atoms with Crippen LogP contribution in [0.25, 0.3) is 10.4 Å². The van der Waals surface area contributed by atoms with Gasteiger partial charge in [0.15, 0.2) is 5.13 Å². The van der Waals surface area contributed by atoms with Crippen LogP contribution in [0.3, 0.4) is 0 Å². The lowest BCUT2D eigenvalue weighted by Gasteiger charge is -2.34. The summed E-state index contributed by atoms with van der Waals surface area (Å²) in [7, 11) is 0. The van der Waals surface area contributed by atoms with Crippen molar-refractivity contribution in [1.29, 1.82) is 5.26 Å². The number of rotatable bonds is 4. The van der Waals surface area contributed by atoms with Crippen molar-refractivity contribution >= 4 is 28.4 Å². The highest BCUT2D eigenvalue weighted by molar-refractivity contribution is 7.19. The average Bonchev–Trinajstić information content (AvgIpc) is 3.31. The summed E-state index contributed by atoms with van der Waals surface area (Å²) in [6, 6.07) is 5.29. The monoisotopic (exact) mass is 396 g/mol. The molecule has 2 aliphatic rings. The number of amides is 3. The van der Waals surface area contributed by atoms with Gasteiger partial charge in [-0.05, 0) is 49.8 Å². The van der Waals surface area contributed by atoms with Crippen LogP contribution in [0.15, 0.2) is 24.5 Å². The zero-order chi connectivity index (χ0) is 19.7. The Labute approximate surface area is 166 Å². The third-order valence-electron chi connectivity index (χ3n) is 5.52. The number of carbonyl (C=O) groups is 2. The van der Waals surface area contributed by atoms with Crippen LogP contribution in [0.1, 0.15) is 37.8 Å². The maximum atomic E-state index is 12.5. The zero-order valence-corrected chi connectivity index (χ0v) is 16.0. The van der Waals surface area contributed by atoms with Gasteiger partial charge in [-0.25, -0.2) is 9.78 Å². The molecule has 2 fully saturated rings. The van der Waals surface area contributed by atoms with Crippen molar-refractivity contribution in [1.82, 2.24) is 14.9 Å². The molecule has 2 aromatic heterocycles. The van der Waals surface area contributed by atoms with Crippen LogP contribution >= 0.6 is 11.3 Å². The second-order valence-corrected chi connectivity index (χ2v) is 8.22. The molecule has 144 valence electrons. The first-order valence-corrected chi connectivity index (χ1v) is 10.0. The van der Waals surface area contributed by atoms with E-state index in [1.807, 2.05) is 12.1 Å². The van der Waals surface area contributed by atoms with Gasteiger partial charge < -0.3 is 10.6 Å². The summed E-state index contributed by atoms with van der Waals surface area (Å²) >= 11 is 1.34. The molecule has 0 radical (unpaired) electrons. The predicted molar refractivity (Wildman–Crippen MR) is 104 cm³/mol. The fourth-order valence-corrected chi connectivity index (χ4v) is 4.54. The second kappa shape index (κ2) is 7.20. The van der Waals surface area contributed by atoms with Crippen LogP contribution in [-0.2, 0) is 10.2 Å². The van der Waals surface area contributed by atoms with Crippen molar-refractivity contribution in [2.24, 2.45) is 5.73 Å². The summed E-state index contributed by atoms with van der Waals surface area (Å²) in [6.45, 7) is 0.502. The average molecular weight is 396 g/mol. The number of nitriles is 1. The van der Waals surface area contributed by atoms with E-state index >= 15 is 0 Å². The molecule has 1 atom stereocenters. The predicted octanol–water partition coefficient (Wildman–Crippen LogP) is 2.63. The Kier molecular flexibility index (Phi) is 4.73. The van der Waals surface area contributed by atoms with E-state index in [1.165, 1.54) is 16.2 Å². The second-order valence-electron chi connectivity index (χ2n) is 7.19. The molecule has 2 aromatic rings. The molecular formula is C19H20N6O2S. The number of pyridine rings is 1. The first-order chi connectivity index (χ1) is 13.5. The minimum atomic E-state index is -0.563. The Bertz CT molecular complexity index is 961. The number of urea groups is 1. The van der Waals surface area contributed by atoms with Crippen LogP contribution in [0.4, 0.5) is 9.93 Å². The Hall–Kier alpha value is -2.99. The van der Waals surface area contributed by atoms with Crippen molar-refractivity contribution in [2.75, 3.05) is 11.9 Å². The molecule has 3 heterocycles. The number of thiazole rings is 1. The highest BCUT2D eigenvalue weighted by Crippen LogP contribution is 2.43. The highest BCUT2D eigenvalue weighted by atomic mass is 32.1. The summed E-state index contributed by atoms with van der Waals surface area (Å²) in [4.78, 5) is 35.0. The van der Waals surface area contributed by atoms with E-state index in [-0.39, 0.29) is 6.03 Å². The van der Waals surface area contributed by atoms with Gasteiger partial charge in [0.1, 0.15) is 6.04 Å². The largest absolute Gasteiger partial charge is 0.368 e. The molecule has 0 unspecified atom stereocenters. The SMILES string of the molecule is N#CC1(c2cc(-c3cnc(NC(=O)N4CCC[C@H]4C(N)=O)s3)ccn2)CCC1. The number of aromatic nitrogens is 2. The fourth-order valence-electron chi connectivity index (χ4n) is 3.74. The van der Waals surface area contributed by atoms with Gasteiger partial charge in [0.2, 0.25) is 5.91 Å². The maximum Gasteiger partial charge on any atom is 0.324 e. The van der Waals surface area contributed by atoms with Crippen LogP contribution < -0.4 is 11.1 Å². The van der Waals surface area contributed by atoms with Gasteiger partial charge in [0, 0.05) is 18.9 Å². The van der Waals surface area contributed by atoms with Gasteiger partial charge in [0.25, 0.3) is 0 Å². The van der Waals surface area contributed by atoms with Gasteiger partial charge in [-0.15, -0.1) is 0 Å². The van der Waals surface area contributed by atoms with Gasteiger partial charge in [-0.2, -0.15) is 5.26 Å². The Morgan fingerprint density at radius 2 is 2.18 bits per heavy atom. The zero-order valence-electron chi connectivity index (χ0n) is 15.2. The molecule has 0 bridgehead atoms. The van der Waals surface area contributed by atoms with Gasteiger partial charge in [0.05, 0.1) is 22.1 Å². The molecule has 0 spiro atoms. The smallest absolute Gasteiger partial charge is 0.324 e. The summed E-state index contributed by atoms with van der Waals surface area (Å²) in [5, 5.41) is 12.7. The van der Waals surface area contributed by atoms with Crippen LogP contribution in [-0.4, -0.2) is 39.4 Å². The normalized spacial score (nSPS) is 20.2. The molecule has 1 aliphatic heterocycles. The van der Waals surface area contributed by atoms with Crippen molar-refractivity contribution in [3.8, 4) is 16.5 Å². The molecule has 1 saturated heterocycles. The van der Waals surface area contributed by atoms with Crippen molar-refractivity contribution in [3.63, 3.8) is 0 Å². The third kappa shape index (κ3) is 3.20. The highest BCUT2D eigenvalue weighted by Gasteiger charge is 2.40. The molecule has 1 saturated carbocycles. The van der Waals surface area contributed by atoms with Crippen LogP contribution in [0.5, 0.6) is 0 Å². The number of carbonyl (C=O) groups excluding carboxylic acids is 2. The van der Waals surface area contributed by atoms with E-state index in [2.05, 4.69) is 21.4 Å². The summed E-state index contributed by atoms with van der Waals surface area (Å²) in [5.74, 6) is -0.487. The van der Waals surface area contributed by atoms with E-state index in [1.54, 1.807) is 12.4 Å². The standard InChI is InChI=1S/C19H20N6O2S/c20-11-19(5-2-6-19)15-9-12(4-7-22-15)14-10-23-17(28-14)24-18(27)25-8-1-3-13(25)16(21)26/h4,7,9-10,13H,1-3,5-6,8H2,(H2,21,26)(H,23,24,27)/t13-/m0/s1. The maximum absolute atomic E-state index is 12.5. The van der Waals surface area contributed by atoms with Crippen molar-refractivity contribution in [3.05, 3.63) is 30.2 Å². The van der Waals surface area contributed by atoms with E-state index in [9.17, 15) is 14.9 Å². The van der Waals surface area contributed by atoms with Gasteiger partial charge in [-0.3, -0.25) is 15.1 Å². The number of nitrogens with two attached hydrogens (primary N) is 1. The molecule has 1 aliphatic carbocycles. The number of primary amides is 1. The number of anilines is 1. The lowest BCUT2D eigenvalue weighted by atomic mass is 9.67. The summed E-state index contributed by atoms with van der Waals surface area (Å²) in [6.07, 6.45) is 7.45. The van der Waals surface area contributed by atoms with Crippen molar-refractivity contribution in [2.45, 2.75) is 43.6 Å². The summed E-state index contributed by atoms with van der Waals surface area (Å²) in [5.41, 5.74) is 6.61. The molecule has 28 heavy (non-hydrogen) atoms. The molecular weight excluding hydrogens is 376 g/mol. The van der Waals surface area contributed by atoms with Crippen LogP contribution in [0, 0.1) is 11.3 Å². The quantitative estimate of drug-likeness (QED) is 0.822. The fraction of sp³-hybridized carbons (Fsp3) is 0.421. The van der Waals surface area contributed by atoms with E-state index in [0.717, 1.165) is 41.8 Å². The Morgan fingerprint density at radius 3 is 2.86 bits per heavy atom. The Balaban J connectivity index is 1.50. The third-order valence-corrected chi connectivity index (χ3v) is 6.48. The molecule has 3 N–H and O–H groups in total. The number of hydrogen-bond acceptors (Lipinski definition) is 6. The number of nitrogens with one attached hydrogen (secondary N) is 1. The molecule has 0 aromatic carbocycles. The number of likely N-dealkylation sites (tertiary alicyclic amines) is 1. The van der Waals surface area contributed by atoms with E-state index in [4.69, 9.17) is 5.73 Å². The molecule has 3 amide bonds. The number of nitrogens with zero attached hydrogens (tertiary/aromatic N) is 4. The summed E-state index contributed by atoms with van der Waals surface area (Å²) < 4.78 is 0. The van der Waals surface area contributed by atoms with E-state index in [0.29, 0.717) is 18.1 Å². The van der Waals surface area contributed by atoms with E-state index < -0.39 is 17.4 Å². The lowest BCUT2D eigenvalue weighted by Crippen LogP contribution is -2.45. The minimum absolute atomic E-state index is 0.365. The van der Waals surface area contributed by atoms with Crippen molar-refractivity contribution < 1.29 is 9.59 Å². The Morgan fingerprint density at radius 1 is 1.36 bits per heavy atom. The minimum Gasteiger partial charge on any atom is -0.368 e. The van der Waals surface area contributed by atoms with Gasteiger partial charge >= 0.3 is 6.03 Å². The first kappa shape index (κ1) is 18.4. The molecule has 4 rings (SSSR count). The first-order valence-electron chi connectivity index (χ1n) is 9.23. The lowest BCUT2D eigenvalue weighted by molar-refractivity contribution is -0.121.